The minimum Gasteiger partial charge on any atom is -0.496 e. The van der Waals surface area contributed by atoms with Crippen LogP contribution < -0.4 is 19.5 Å². The van der Waals surface area contributed by atoms with Gasteiger partial charge in [-0.15, -0.1) is 0 Å². The largest absolute Gasteiger partial charge is 0.496 e. The number of guanidine groups is 1. The van der Waals surface area contributed by atoms with Crippen LogP contribution in [-0.4, -0.2) is 77.7 Å². The average Bonchev–Trinajstić information content (AvgIpc) is 3.29. The molecule has 156 valence electrons. The van der Waals surface area contributed by atoms with Crippen molar-refractivity contribution in [3.8, 4) is 17.2 Å². The maximum Gasteiger partial charge on any atom is 0.194 e. The molecule has 0 amide bonds. The first kappa shape index (κ1) is 20.5. The van der Waals surface area contributed by atoms with Gasteiger partial charge in [-0.2, -0.15) is 0 Å². The number of nitrogens with one attached hydrogen (secondary N) is 1. The third kappa shape index (κ3) is 4.62. The summed E-state index contributed by atoms with van der Waals surface area (Å²) in [6.45, 7) is 3.57. The van der Waals surface area contributed by atoms with Crippen LogP contribution >= 0.6 is 0 Å². The van der Waals surface area contributed by atoms with E-state index < -0.39 is 0 Å². The monoisotopic (exact) mass is 393 g/mol. The zero-order valence-corrected chi connectivity index (χ0v) is 17.2. The minimum absolute atomic E-state index is 0.0832. The van der Waals surface area contributed by atoms with E-state index in [0.29, 0.717) is 30.4 Å². The van der Waals surface area contributed by atoms with E-state index in [2.05, 4.69) is 15.2 Å². The number of methoxy groups -OCH3 is 3. The first-order chi connectivity index (χ1) is 13.7. The van der Waals surface area contributed by atoms with Crippen LogP contribution in [0.25, 0.3) is 0 Å². The Bertz CT molecular complexity index is 651. The predicted molar refractivity (Wildman–Crippen MR) is 107 cm³/mol. The summed E-state index contributed by atoms with van der Waals surface area (Å²) in [4.78, 5) is 6.68. The Morgan fingerprint density at radius 1 is 1.11 bits per heavy atom. The molecule has 0 radical (unpaired) electrons. The van der Waals surface area contributed by atoms with Gasteiger partial charge in [0.05, 0.1) is 46.1 Å². The summed E-state index contributed by atoms with van der Waals surface area (Å²) in [6, 6.07) is 3.70. The van der Waals surface area contributed by atoms with E-state index in [-0.39, 0.29) is 12.2 Å². The van der Waals surface area contributed by atoms with Crippen LogP contribution in [0.2, 0.25) is 0 Å². The number of nitrogens with zero attached hydrogens (tertiary/aromatic N) is 2. The van der Waals surface area contributed by atoms with Gasteiger partial charge in [-0.1, -0.05) is 0 Å². The Kier molecular flexibility index (Phi) is 7.22. The van der Waals surface area contributed by atoms with Gasteiger partial charge in [-0.3, -0.25) is 4.99 Å². The van der Waals surface area contributed by atoms with Gasteiger partial charge in [0.1, 0.15) is 23.4 Å². The molecule has 2 atom stereocenters. The molecule has 8 heteroatoms. The molecular formula is C20H31N3O5. The zero-order chi connectivity index (χ0) is 19.9. The van der Waals surface area contributed by atoms with Crippen LogP contribution in [0.15, 0.2) is 17.1 Å². The fourth-order valence-corrected chi connectivity index (χ4v) is 3.74. The van der Waals surface area contributed by atoms with Gasteiger partial charge in [-0.05, 0) is 12.8 Å². The SMILES string of the molecule is CN=C(NCc1c(OC)cc(OC)cc1OC)N1CCOC(C2CCCO2)C1. The summed E-state index contributed by atoms with van der Waals surface area (Å²) in [5.41, 5.74) is 0.913. The molecule has 2 fully saturated rings. The van der Waals surface area contributed by atoms with E-state index in [1.54, 1.807) is 28.4 Å². The predicted octanol–water partition coefficient (Wildman–Crippen LogP) is 1.67. The molecule has 2 aliphatic heterocycles. The summed E-state index contributed by atoms with van der Waals surface area (Å²) in [7, 11) is 6.69. The van der Waals surface area contributed by atoms with Crippen molar-refractivity contribution in [2.75, 3.05) is 54.7 Å². The third-order valence-electron chi connectivity index (χ3n) is 5.22. The number of ether oxygens (including phenoxy) is 5. The highest BCUT2D eigenvalue weighted by atomic mass is 16.5. The average molecular weight is 393 g/mol. The molecule has 2 heterocycles. The Balaban J connectivity index is 1.68. The standard InChI is InChI=1S/C20H31N3O5/c1-21-20(23-7-9-28-19(13-23)16-6-5-8-27-16)22-12-15-17(25-3)10-14(24-2)11-18(15)26-4/h10-11,16,19H,5-9,12-13H2,1-4H3,(H,21,22). The molecule has 1 aromatic rings. The van der Waals surface area contributed by atoms with Crippen LogP contribution in [0.1, 0.15) is 18.4 Å². The summed E-state index contributed by atoms with van der Waals surface area (Å²) < 4.78 is 28.1. The van der Waals surface area contributed by atoms with Crippen LogP contribution in [0, 0.1) is 0 Å². The quantitative estimate of drug-likeness (QED) is 0.582. The van der Waals surface area contributed by atoms with Crippen molar-refractivity contribution in [3.05, 3.63) is 17.7 Å². The molecule has 0 spiro atoms. The van der Waals surface area contributed by atoms with Crippen molar-refractivity contribution >= 4 is 5.96 Å². The lowest BCUT2D eigenvalue weighted by atomic mass is 10.1. The summed E-state index contributed by atoms with van der Waals surface area (Å²) in [5.74, 6) is 2.93. The summed E-state index contributed by atoms with van der Waals surface area (Å²) in [6.07, 6.45) is 2.43. The molecule has 2 aliphatic rings. The Morgan fingerprint density at radius 3 is 2.39 bits per heavy atom. The maximum absolute atomic E-state index is 5.94. The lowest BCUT2D eigenvalue weighted by molar-refractivity contribution is -0.0817. The normalized spacial score (nSPS) is 22.9. The van der Waals surface area contributed by atoms with Crippen LogP contribution in [0.4, 0.5) is 0 Å². The van der Waals surface area contributed by atoms with E-state index in [4.69, 9.17) is 23.7 Å². The van der Waals surface area contributed by atoms with Crippen LogP contribution in [0.5, 0.6) is 17.2 Å². The second kappa shape index (κ2) is 9.84. The highest BCUT2D eigenvalue weighted by Gasteiger charge is 2.32. The van der Waals surface area contributed by atoms with Crippen LogP contribution in [-0.2, 0) is 16.0 Å². The van der Waals surface area contributed by atoms with Crippen molar-refractivity contribution in [2.45, 2.75) is 31.6 Å². The van der Waals surface area contributed by atoms with Crippen molar-refractivity contribution < 1.29 is 23.7 Å². The third-order valence-corrected chi connectivity index (χ3v) is 5.22. The second-order valence-corrected chi connectivity index (χ2v) is 6.82. The fraction of sp³-hybridized carbons (Fsp3) is 0.650. The lowest BCUT2D eigenvalue weighted by Crippen LogP contribution is -2.53. The summed E-state index contributed by atoms with van der Waals surface area (Å²) in [5, 5.41) is 3.43. The maximum atomic E-state index is 5.94. The van der Waals surface area contributed by atoms with Gasteiger partial charge in [0.2, 0.25) is 0 Å². The number of rotatable bonds is 6. The van der Waals surface area contributed by atoms with Gasteiger partial charge in [0, 0.05) is 38.9 Å². The van der Waals surface area contributed by atoms with Crippen molar-refractivity contribution in [2.24, 2.45) is 4.99 Å². The molecule has 2 unspecified atom stereocenters. The number of morpholine rings is 1. The van der Waals surface area contributed by atoms with Crippen molar-refractivity contribution in [1.29, 1.82) is 0 Å². The van der Waals surface area contributed by atoms with Gasteiger partial charge in [-0.25, -0.2) is 0 Å². The van der Waals surface area contributed by atoms with Crippen molar-refractivity contribution in [3.63, 3.8) is 0 Å². The first-order valence-electron chi connectivity index (χ1n) is 9.67. The van der Waals surface area contributed by atoms with E-state index in [1.165, 1.54) is 0 Å². The minimum atomic E-state index is 0.0832. The molecule has 1 aromatic carbocycles. The molecule has 0 aromatic heterocycles. The number of aliphatic imine (C=N–C) groups is 1. The Hall–Kier alpha value is -2.19. The molecule has 1 N–H and O–H groups in total. The topological polar surface area (TPSA) is 73.8 Å². The summed E-state index contributed by atoms with van der Waals surface area (Å²) >= 11 is 0. The number of hydrogen-bond acceptors (Lipinski definition) is 6. The zero-order valence-electron chi connectivity index (χ0n) is 17.2. The van der Waals surface area contributed by atoms with Gasteiger partial charge in [0.25, 0.3) is 0 Å². The molecule has 8 nitrogen and oxygen atoms in total. The van der Waals surface area contributed by atoms with Gasteiger partial charge < -0.3 is 33.9 Å². The fourth-order valence-electron chi connectivity index (χ4n) is 3.74. The molecule has 28 heavy (non-hydrogen) atoms. The second-order valence-electron chi connectivity index (χ2n) is 6.82. The molecule has 2 saturated heterocycles. The van der Waals surface area contributed by atoms with E-state index in [9.17, 15) is 0 Å². The molecule has 0 saturated carbocycles. The van der Waals surface area contributed by atoms with E-state index in [1.807, 2.05) is 12.1 Å². The number of hydrogen-bond donors (Lipinski definition) is 1. The molecular weight excluding hydrogens is 362 g/mol. The Morgan fingerprint density at radius 2 is 1.82 bits per heavy atom. The van der Waals surface area contributed by atoms with Gasteiger partial charge >= 0.3 is 0 Å². The smallest absolute Gasteiger partial charge is 0.194 e. The highest BCUT2D eigenvalue weighted by Crippen LogP contribution is 2.34. The number of benzene rings is 1. The molecule has 0 aliphatic carbocycles. The van der Waals surface area contributed by atoms with Crippen molar-refractivity contribution in [1.82, 2.24) is 10.2 Å². The highest BCUT2D eigenvalue weighted by molar-refractivity contribution is 5.80. The molecule has 0 bridgehead atoms. The van der Waals surface area contributed by atoms with E-state index in [0.717, 1.165) is 44.1 Å². The Labute approximate surface area is 166 Å². The van der Waals surface area contributed by atoms with E-state index >= 15 is 0 Å². The first-order valence-corrected chi connectivity index (χ1v) is 9.67. The molecule has 3 rings (SSSR count). The van der Waals surface area contributed by atoms with Gasteiger partial charge in [0.15, 0.2) is 5.96 Å². The van der Waals surface area contributed by atoms with Crippen LogP contribution in [0.3, 0.4) is 0 Å². The lowest BCUT2D eigenvalue weighted by Gasteiger charge is -2.37.